The molecule has 170 valence electrons. The number of rotatable bonds is 6. The number of carbonyl (C=O) groups is 2. The van der Waals surface area contributed by atoms with Gasteiger partial charge in [0.05, 0.1) is 24.7 Å². The number of amides is 1. The van der Waals surface area contributed by atoms with Crippen molar-refractivity contribution in [3.63, 3.8) is 0 Å². The summed E-state index contributed by atoms with van der Waals surface area (Å²) in [5.74, 6) is -1.99. The molecule has 9 nitrogen and oxygen atoms in total. The van der Waals surface area contributed by atoms with E-state index in [2.05, 4.69) is 25.2 Å². The summed E-state index contributed by atoms with van der Waals surface area (Å²) in [5, 5.41) is 10.5. The number of benzene rings is 1. The van der Waals surface area contributed by atoms with Gasteiger partial charge in [-0.1, -0.05) is 0 Å². The van der Waals surface area contributed by atoms with E-state index in [9.17, 15) is 22.8 Å². The van der Waals surface area contributed by atoms with Crippen LogP contribution < -0.4 is 5.32 Å². The van der Waals surface area contributed by atoms with Crippen LogP contribution in [0, 0.1) is 5.82 Å². The number of carbonyl (C=O) groups excluding carboxylic acids is 2. The molecule has 0 saturated carbocycles. The Hall–Kier alpha value is -4.22. The SMILES string of the molecule is CCn1cc(NC(=O)c2cnn3c(C(F)F)cc(-c4ccc(F)cc4)nc23)c(C(=O)OC)n1. The average Bonchev–Trinajstić information content (AvgIpc) is 3.42. The van der Waals surface area contributed by atoms with Gasteiger partial charge < -0.3 is 10.1 Å². The van der Waals surface area contributed by atoms with E-state index < -0.39 is 29.8 Å². The number of aromatic nitrogens is 5. The maximum absolute atomic E-state index is 13.7. The number of esters is 1. The summed E-state index contributed by atoms with van der Waals surface area (Å²) < 4.78 is 47.7. The third-order valence-electron chi connectivity index (χ3n) is 4.82. The van der Waals surface area contributed by atoms with E-state index in [0.717, 1.165) is 16.8 Å². The maximum Gasteiger partial charge on any atom is 0.360 e. The molecule has 0 aliphatic carbocycles. The van der Waals surface area contributed by atoms with Crippen molar-refractivity contribution >= 4 is 23.2 Å². The van der Waals surface area contributed by atoms with Crippen LogP contribution in [0.5, 0.6) is 0 Å². The monoisotopic (exact) mass is 458 g/mol. The molecule has 0 radical (unpaired) electrons. The first kappa shape index (κ1) is 22.0. The highest BCUT2D eigenvalue weighted by Gasteiger charge is 2.24. The number of aryl methyl sites for hydroxylation is 1. The van der Waals surface area contributed by atoms with Gasteiger partial charge in [-0.15, -0.1) is 0 Å². The fraction of sp³-hybridized carbons (Fsp3) is 0.190. The van der Waals surface area contributed by atoms with E-state index in [4.69, 9.17) is 0 Å². The van der Waals surface area contributed by atoms with Crippen LogP contribution >= 0.6 is 0 Å². The Kier molecular flexibility index (Phi) is 5.82. The van der Waals surface area contributed by atoms with Gasteiger partial charge in [-0.3, -0.25) is 9.48 Å². The number of hydrogen-bond acceptors (Lipinski definition) is 6. The summed E-state index contributed by atoms with van der Waals surface area (Å²) in [7, 11) is 1.18. The second kappa shape index (κ2) is 8.73. The van der Waals surface area contributed by atoms with Crippen LogP contribution in [-0.4, -0.2) is 43.4 Å². The van der Waals surface area contributed by atoms with Crippen LogP contribution in [-0.2, 0) is 11.3 Å². The molecule has 0 saturated heterocycles. The van der Waals surface area contributed by atoms with Gasteiger partial charge in [0.25, 0.3) is 12.3 Å². The van der Waals surface area contributed by atoms with Crippen molar-refractivity contribution in [1.29, 1.82) is 0 Å². The molecule has 0 bridgehead atoms. The van der Waals surface area contributed by atoms with Crippen molar-refractivity contribution in [2.45, 2.75) is 19.9 Å². The fourth-order valence-electron chi connectivity index (χ4n) is 3.18. The normalized spacial score (nSPS) is 11.2. The minimum Gasteiger partial charge on any atom is -0.464 e. The Labute approximate surface area is 184 Å². The van der Waals surface area contributed by atoms with Crippen molar-refractivity contribution in [2.24, 2.45) is 0 Å². The van der Waals surface area contributed by atoms with Gasteiger partial charge in [0.15, 0.2) is 11.3 Å². The standard InChI is InChI=1S/C21H17F3N6O3/c1-3-29-10-15(17(28-29)21(32)33-2)27-20(31)13-9-25-30-16(18(23)24)8-14(26-19(13)30)11-4-6-12(22)7-5-11/h4-10,18H,3H2,1-2H3,(H,27,31). The predicted molar refractivity (Wildman–Crippen MR) is 111 cm³/mol. The third-order valence-corrected chi connectivity index (χ3v) is 4.82. The highest BCUT2D eigenvalue weighted by molar-refractivity contribution is 6.10. The zero-order valence-electron chi connectivity index (χ0n) is 17.4. The van der Waals surface area contributed by atoms with Gasteiger partial charge >= 0.3 is 5.97 Å². The van der Waals surface area contributed by atoms with E-state index in [0.29, 0.717) is 12.1 Å². The lowest BCUT2D eigenvalue weighted by Crippen LogP contribution is -2.15. The van der Waals surface area contributed by atoms with Crippen molar-refractivity contribution in [3.8, 4) is 11.3 Å². The Morgan fingerprint density at radius 1 is 1.21 bits per heavy atom. The average molecular weight is 458 g/mol. The van der Waals surface area contributed by atoms with Crippen molar-refractivity contribution < 1.29 is 27.5 Å². The second-order valence-corrected chi connectivity index (χ2v) is 6.86. The smallest absolute Gasteiger partial charge is 0.360 e. The van der Waals surface area contributed by atoms with Crippen LogP contribution in [0.15, 0.2) is 42.7 Å². The molecular weight excluding hydrogens is 441 g/mol. The van der Waals surface area contributed by atoms with Crippen LogP contribution in [0.2, 0.25) is 0 Å². The summed E-state index contributed by atoms with van der Waals surface area (Å²) in [6, 6.07) is 6.25. The Bertz CT molecular complexity index is 1350. The number of halogens is 3. The van der Waals surface area contributed by atoms with Gasteiger partial charge in [-0.25, -0.2) is 27.5 Å². The topological polar surface area (TPSA) is 103 Å². The third kappa shape index (κ3) is 4.14. The van der Waals surface area contributed by atoms with Gasteiger partial charge in [0, 0.05) is 18.3 Å². The lowest BCUT2D eigenvalue weighted by molar-refractivity contribution is 0.0594. The number of anilines is 1. The molecule has 3 heterocycles. The van der Waals surface area contributed by atoms with Gasteiger partial charge in [0.2, 0.25) is 0 Å². The van der Waals surface area contributed by atoms with E-state index in [1.54, 1.807) is 6.92 Å². The van der Waals surface area contributed by atoms with Crippen molar-refractivity contribution in [3.05, 3.63) is 65.5 Å². The first-order valence-electron chi connectivity index (χ1n) is 9.72. The number of ether oxygens (including phenoxy) is 1. The van der Waals surface area contributed by atoms with Gasteiger partial charge in [-0.2, -0.15) is 10.2 Å². The largest absolute Gasteiger partial charge is 0.464 e. The Balaban J connectivity index is 1.78. The zero-order chi connectivity index (χ0) is 23.7. The molecule has 0 fully saturated rings. The summed E-state index contributed by atoms with van der Waals surface area (Å²) >= 11 is 0. The highest BCUT2D eigenvalue weighted by Crippen LogP contribution is 2.27. The minimum absolute atomic E-state index is 0.0804. The molecule has 1 aromatic carbocycles. The molecule has 0 spiro atoms. The number of hydrogen-bond donors (Lipinski definition) is 1. The molecule has 0 atom stereocenters. The quantitative estimate of drug-likeness (QED) is 0.442. The molecule has 1 N–H and O–H groups in total. The molecule has 12 heteroatoms. The zero-order valence-corrected chi connectivity index (χ0v) is 17.4. The van der Waals surface area contributed by atoms with Crippen LogP contribution in [0.1, 0.15) is 39.9 Å². The first-order valence-corrected chi connectivity index (χ1v) is 9.72. The molecule has 1 amide bonds. The predicted octanol–water partition coefficient (Wildman–Crippen LogP) is 3.73. The molecule has 4 rings (SSSR count). The molecule has 33 heavy (non-hydrogen) atoms. The lowest BCUT2D eigenvalue weighted by Gasteiger charge is -2.09. The number of alkyl halides is 2. The van der Waals surface area contributed by atoms with Crippen molar-refractivity contribution in [2.75, 3.05) is 12.4 Å². The Morgan fingerprint density at radius 2 is 1.94 bits per heavy atom. The Morgan fingerprint density at radius 3 is 2.58 bits per heavy atom. The summed E-state index contributed by atoms with van der Waals surface area (Å²) in [5.41, 5.74) is -0.276. The first-order chi connectivity index (χ1) is 15.8. The fourth-order valence-corrected chi connectivity index (χ4v) is 3.18. The minimum atomic E-state index is -2.92. The van der Waals surface area contributed by atoms with Crippen LogP contribution in [0.3, 0.4) is 0 Å². The van der Waals surface area contributed by atoms with Crippen LogP contribution in [0.25, 0.3) is 16.9 Å². The molecule has 0 aliphatic rings. The second-order valence-electron chi connectivity index (χ2n) is 6.86. The van der Waals surface area contributed by atoms with Crippen LogP contribution in [0.4, 0.5) is 18.9 Å². The van der Waals surface area contributed by atoms with E-state index >= 15 is 0 Å². The summed E-state index contributed by atoms with van der Waals surface area (Å²) in [4.78, 5) is 29.3. The van der Waals surface area contributed by atoms with E-state index in [1.165, 1.54) is 42.3 Å². The number of nitrogens with one attached hydrogen (secondary N) is 1. The summed E-state index contributed by atoms with van der Waals surface area (Å²) in [6.45, 7) is 2.22. The molecule has 0 unspecified atom stereocenters. The number of fused-ring (bicyclic) bond motifs is 1. The maximum atomic E-state index is 13.7. The number of methoxy groups -OCH3 is 1. The lowest BCUT2D eigenvalue weighted by atomic mass is 10.1. The number of nitrogens with zero attached hydrogens (tertiary/aromatic N) is 5. The van der Waals surface area contributed by atoms with Gasteiger partial charge in [-0.05, 0) is 37.3 Å². The van der Waals surface area contributed by atoms with E-state index in [1.807, 2.05) is 0 Å². The van der Waals surface area contributed by atoms with Crippen molar-refractivity contribution in [1.82, 2.24) is 24.4 Å². The van der Waals surface area contributed by atoms with Gasteiger partial charge in [0.1, 0.15) is 17.1 Å². The highest BCUT2D eigenvalue weighted by atomic mass is 19.3. The summed E-state index contributed by atoms with van der Waals surface area (Å²) in [6.07, 6.45) is -0.378. The molecule has 3 aromatic heterocycles. The molecule has 4 aromatic rings. The van der Waals surface area contributed by atoms with E-state index in [-0.39, 0.29) is 28.3 Å². The molecule has 0 aliphatic heterocycles. The molecular formula is C21H17F3N6O3.